The molecule has 0 unspecified atom stereocenters. The summed E-state index contributed by atoms with van der Waals surface area (Å²) in [6, 6.07) is 73.9. The van der Waals surface area contributed by atoms with E-state index in [1.807, 2.05) is 0 Å². The molecule has 11 rings (SSSR count). The third-order valence-electron chi connectivity index (χ3n) is 20.5. The summed E-state index contributed by atoms with van der Waals surface area (Å²) in [7, 11) is 0. The number of benzene rings is 9. The van der Waals surface area contributed by atoms with E-state index in [1.165, 1.54) is 254 Å². The molecule has 0 N–H and O–H groups in total. The van der Waals surface area contributed by atoms with E-state index in [1.54, 1.807) is 11.1 Å². The molecule has 91 heavy (non-hydrogen) atoms. The predicted molar refractivity (Wildman–Crippen MR) is 398 cm³/mol. The van der Waals surface area contributed by atoms with Crippen molar-refractivity contribution in [1.29, 1.82) is 0 Å². The van der Waals surface area contributed by atoms with Crippen molar-refractivity contribution >= 4 is 38.9 Å². The number of nitrogens with zero attached hydrogens (tertiary/aromatic N) is 2. The second-order valence-electron chi connectivity index (χ2n) is 27.3. The molecule has 0 radical (unpaired) electrons. The number of rotatable bonds is 34. The fourth-order valence-electron chi connectivity index (χ4n) is 15.4. The lowest BCUT2D eigenvalue weighted by molar-refractivity contribution is 0.399. The average Bonchev–Trinajstić information content (AvgIpc) is 1.53. The van der Waals surface area contributed by atoms with E-state index in [0.29, 0.717) is 0 Å². The van der Waals surface area contributed by atoms with Crippen LogP contribution in [0.2, 0.25) is 0 Å². The summed E-state index contributed by atoms with van der Waals surface area (Å²) in [5.74, 6) is 0. The van der Waals surface area contributed by atoms with Gasteiger partial charge < -0.3 is 9.47 Å². The summed E-state index contributed by atoms with van der Waals surface area (Å²) in [6.45, 7) is 16.2. The van der Waals surface area contributed by atoms with Gasteiger partial charge in [0, 0.05) is 38.9 Å². The van der Waals surface area contributed by atoms with Crippen molar-refractivity contribution in [3.8, 4) is 50.2 Å². The van der Waals surface area contributed by atoms with Gasteiger partial charge in [0.1, 0.15) is 0 Å². The highest BCUT2D eigenvalue weighted by Gasteiger charge is 2.45. The molecule has 0 bridgehead atoms. The number of aryl methyl sites for hydroxylation is 5. The molecule has 472 valence electrons. The Morgan fingerprint density at radius 3 is 1.44 bits per heavy atom. The van der Waals surface area contributed by atoms with Crippen LogP contribution >= 0.6 is 0 Å². The minimum atomic E-state index is -0.0967. The Labute approximate surface area is 549 Å². The Morgan fingerprint density at radius 1 is 0.341 bits per heavy atom. The van der Waals surface area contributed by atoms with Gasteiger partial charge in [-0.1, -0.05) is 295 Å². The fourth-order valence-corrected chi connectivity index (χ4v) is 15.4. The molecule has 2 nitrogen and oxygen atoms in total. The lowest BCUT2D eigenvalue weighted by Gasteiger charge is -2.34. The average molecular weight is 1200 g/mol. The van der Waals surface area contributed by atoms with Gasteiger partial charge in [0.05, 0.1) is 11.0 Å². The van der Waals surface area contributed by atoms with Gasteiger partial charge in [0.25, 0.3) is 0 Å². The van der Waals surface area contributed by atoms with Crippen LogP contribution in [0.15, 0.2) is 188 Å². The molecule has 9 aromatic carbocycles. The summed E-state index contributed by atoms with van der Waals surface area (Å²) < 4.78 is 2.86. The number of unbranched alkanes of at least 4 members (excludes halogenated alkanes) is 17. The van der Waals surface area contributed by atoms with E-state index in [4.69, 9.17) is 0 Å². The zero-order valence-electron chi connectivity index (χ0n) is 56.9. The zero-order valence-corrected chi connectivity index (χ0v) is 56.9. The molecule has 1 aromatic heterocycles. The highest BCUT2D eigenvalue weighted by atomic mass is 15.1. The first-order valence-corrected chi connectivity index (χ1v) is 36.4. The molecule has 0 atom stereocenters. The first-order chi connectivity index (χ1) is 44.8. The van der Waals surface area contributed by atoms with Crippen LogP contribution in [0.3, 0.4) is 0 Å². The minimum absolute atomic E-state index is 0.0967. The van der Waals surface area contributed by atoms with Gasteiger partial charge in [-0.3, -0.25) is 0 Å². The second kappa shape index (κ2) is 31.7. The third kappa shape index (κ3) is 14.9. The van der Waals surface area contributed by atoms with Crippen LogP contribution in [-0.2, 0) is 24.7 Å². The molecule has 0 aliphatic heterocycles. The summed E-state index contributed by atoms with van der Waals surface area (Å²) in [5, 5.41) is 2.77. The number of aromatic nitrogens is 1. The van der Waals surface area contributed by atoms with Gasteiger partial charge in [-0.05, 0) is 198 Å². The predicted octanol–water partition coefficient (Wildman–Crippen LogP) is 27.2. The highest BCUT2D eigenvalue weighted by Crippen LogP contribution is 2.58. The maximum absolute atomic E-state index is 2.86. The Balaban J connectivity index is 1.10. The summed E-state index contributed by atoms with van der Waals surface area (Å²) in [6.07, 6.45) is 33.5. The monoisotopic (exact) mass is 1200 g/mol. The quantitative estimate of drug-likeness (QED) is 0.0365. The minimum Gasteiger partial charge on any atom is -0.311 e. The van der Waals surface area contributed by atoms with Crippen molar-refractivity contribution in [1.82, 2.24) is 4.57 Å². The number of fused-ring (bicyclic) bond motifs is 7. The SMILES string of the molecule is CCCCCCCCC1(CCCCCCCC)c2cc(C)ccc2-c2ccc3c4cc(-c5ccccc5)ccc4n(-c4cc(CCCCCC)c(-c5ccc(N(c6ccc(C)cc6)c6ccc(-c7ccc(CCCC)cc7)cc6)cc5)cc4CCCCCC)c3c21. The van der Waals surface area contributed by atoms with Crippen LogP contribution in [0.4, 0.5) is 17.1 Å². The van der Waals surface area contributed by atoms with Crippen molar-refractivity contribution < 1.29 is 0 Å². The van der Waals surface area contributed by atoms with Crippen LogP contribution in [0.5, 0.6) is 0 Å². The molecular formula is C89H106N2. The van der Waals surface area contributed by atoms with E-state index in [9.17, 15) is 0 Å². The normalized spacial score (nSPS) is 12.5. The van der Waals surface area contributed by atoms with Crippen molar-refractivity contribution in [2.24, 2.45) is 0 Å². The van der Waals surface area contributed by atoms with Gasteiger partial charge >= 0.3 is 0 Å². The summed E-state index contributed by atoms with van der Waals surface area (Å²) in [4.78, 5) is 2.44. The van der Waals surface area contributed by atoms with Crippen molar-refractivity contribution in [2.45, 2.75) is 227 Å². The Hall–Kier alpha value is -7.42. The maximum Gasteiger partial charge on any atom is 0.0588 e. The molecule has 1 aliphatic rings. The van der Waals surface area contributed by atoms with Gasteiger partial charge in [-0.2, -0.15) is 0 Å². The number of hydrogen-bond donors (Lipinski definition) is 0. The van der Waals surface area contributed by atoms with E-state index >= 15 is 0 Å². The smallest absolute Gasteiger partial charge is 0.0588 e. The van der Waals surface area contributed by atoms with Crippen LogP contribution in [0.25, 0.3) is 72.0 Å². The molecule has 1 heterocycles. The van der Waals surface area contributed by atoms with Gasteiger partial charge in [0.2, 0.25) is 0 Å². The molecule has 0 fully saturated rings. The number of hydrogen-bond acceptors (Lipinski definition) is 1. The molecule has 0 spiro atoms. The van der Waals surface area contributed by atoms with Gasteiger partial charge in [-0.15, -0.1) is 0 Å². The molecule has 10 aromatic rings. The molecular weight excluding hydrogens is 1100 g/mol. The van der Waals surface area contributed by atoms with Crippen molar-refractivity contribution in [2.75, 3.05) is 4.90 Å². The van der Waals surface area contributed by atoms with E-state index in [-0.39, 0.29) is 5.41 Å². The fraction of sp³-hybridized carbons (Fsp3) is 0.393. The van der Waals surface area contributed by atoms with Crippen LogP contribution in [0, 0.1) is 13.8 Å². The van der Waals surface area contributed by atoms with Gasteiger partial charge in [-0.25, -0.2) is 0 Å². The summed E-state index contributed by atoms with van der Waals surface area (Å²) >= 11 is 0. The highest BCUT2D eigenvalue weighted by molar-refractivity contribution is 6.14. The molecule has 0 saturated carbocycles. The van der Waals surface area contributed by atoms with Crippen LogP contribution in [0.1, 0.15) is 228 Å². The van der Waals surface area contributed by atoms with E-state index < -0.39 is 0 Å². The third-order valence-corrected chi connectivity index (χ3v) is 20.5. The molecule has 2 heteroatoms. The molecule has 1 aliphatic carbocycles. The van der Waals surface area contributed by atoms with Crippen LogP contribution in [-0.4, -0.2) is 4.57 Å². The molecule has 0 amide bonds. The summed E-state index contributed by atoms with van der Waals surface area (Å²) in [5.41, 5.74) is 28.5. The largest absolute Gasteiger partial charge is 0.311 e. The molecule has 0 saturated heterocycles. The Morgan fingerprint density at radius 2 is 0.835 bits per heavy atom. The Bertz CT molecular complexity index is 3900. The second-order valence-corrected chi connectivity index (χ2v) is 27.3. The lowest BCUT2D eigenvalue weighted by atomic mass is 9.70. The lowest BCUT2D eigenvalue weighted by Crippen LogP contribution is -2.26. The van der Waals surface area contributed by atoms with Crippen molar-refractivity contribution in [3.63, 3.8) is 0 Å². The standard InChI is InChI=1S/C89H106N2/c1-8-13-18-22-24-31-60-89(61-32-25-23-19-14-9-2)84-62-67(7)40-56-79(84)80-57-58-81-83-63-73(69-34-29-26-30-35-69)49-59-85(83)91(88(81)87(80)89)86-65-74(36-27-20-15-10-3)82(64-75(86)37-28-21-16-11-4)72-47-54-78(55-48-72)90(76-50-38-66(6)39-51-76)77-52-45-71(46-53-77)70-43-41-68(42-44-70)33-17-12-5/h26,29-30,34-35,38-59,62-65H,8-25,27-28,31-33,36-37,60-61H2,1-7H3. The maximum atomic E-state index is 2.86. The van der Waals surface area contributed by atoms with Gasteiger partial charge in [0.15, 0.2) is 0 Å². The topological polar surface area (TPSA) is 8.17 Å². The first-order valence-electron chi connectivity index (χ1n) is 36.4. The van der Waals surface area contributed by atoms with E-state index in [0.717, 1.165) is 36.3 Å². The number of anilines is 3. The Kier molecular flexibility index (Phi) is 22.7. The van der Waals surface area contributed by atoms with E-state index in [2.05, 4.69) is 246 Å². The van der Waals surface area contributed by atoms with Crippen LogP contribution < -0.4 is 4.90 Å². The first kappa shape index (κ1) is 65.1. The zero-order chi connectivity index (χ0) is 62.9. The van der Waals surface area contributed by atoms with Crippen molar-refractivity contribution in [3.05, 3.63) is 227 Å².